The fourth-order valence-corrected chi connectivity index (χ4v) is 2.73. The van der Waals surface area contributed by atoms with Crippen molar-refractivity contribution in [2.75, 3.05) is 37.5 Å². The molecule has 0 aromatic carbocycles. The maximum absolute atomic E-state index is 5.58. The van der Waals surface area contributed by atoms with Crippen LogP contribution in [0.5, 0.6) is 0 Å². The first-order valence-electron chi connectivity index (χ1n) is 7.32. The zero-order valence-corrected chi connectivity index (χ0v) is 13.0. The number of piperidine rings is 1. The molecule has 0 aliphatic carbocycles. The molecule has 1 aliphatic rings. The van der Waals surface area contributed by atoms with E-state index in [4.69, 9.17) is 10.8 Å². The highest BCUT2D eigenvalue weighted by atomic mass is 15.3. The largest absolute Gasteiger partial charge is 0.355 e. The van der Waals surface area contributed by atoms with Crippen LogP contribution in [0.1, 0.15) is 31.2 Å². The van der Waals surface area contributed by atoms with Crippen LogP contribution < -0.4 is 16.2 Å². The third-order valence-corrected chi connectivity index (χ3v) is 4.05. The zero-order chi connectivity index (χ0) is 14.7. The highest BCUT2D eigenvalue weighted by molar-refractivity contribution is 5.58. The molecule has 6 nitrogen and oxygen atoms in total. The van der Waals surface area contributed by atoms with E-state index < -0.39 is 0 Å². The molecule has 0 radical (unpaired) electrons. The molecular formula is C14H26N6. The van der Waals surface area contributed by atoms with Gasteiger partial charge in [-0.15, -0.1) is 0 Å². The van der Waals surface area contributed by atoms with Crippen molar-refractivity contribution in [2.24, 2.45) is 5.84 Å². The minimum Gasteiger partial charge on any atom is -0.355 e. The standard InChI is InChI=1S/C14H26N6/c1-5-12-16-13(18-15)10(2)14(17-12)20-8-6-7-11(9-20)19(3)4/h11H,5-9,15H2,1-4H3,(H,16,17,18). The van der Waals surface area contributed by atoms with Crippen molar-refractivity contribution < 1.29 is 0 Å². The fourth-order valence-electron chi connectivity index (χ4n) is 2.73. The molecule has 0 saturated carbocycles. The lowest BCUT2D eigenvalue weighted by Gasteiger charge is -2.37. The summed E-state index contributed by atoms with van der Waals surface area (Å²) in [4.78, 5) is 13.8. The Hall–Kier alpha value is -1.40. The van der Waals surface area contributed by atoms with Crippen molar-refractivity contribution in [2.45, 2.75) is 39.2 Å². The summed E-state index contributed by atoms with van der Waals surface area (Å²) in [5.74, 6) is 8.18. The van der Waals surface area contributed by atoms with Crippen molar-refractivity contribution in [1.29, 1.82) is 0 Å². The smallest absolute Gasteiger partial charge is 0.148 e. The van der Waals surface area contributed by atoms with E-state index in [2.05, 4.69) is 41.2 Å². The van der Waals surface area contributed by atoms with E-state index in [9.17, 15) is 0 Å². The Balaban J connectivity index is 2.31. The third kappa shape index (κ3) is 3.02. The van der Waals surface area contributed by atoms with Crippen LogP contribution in [0.4, 0.5) is 11.6 Å². The number of aromatic nitrogens is 2. The second-order valence-electron chi connectivity index (χ2n) is 5.64. The van der Waals surface area contributed by atoms with Crippen LogP contribution in [-0.4, -0.2) is 48.1 Å². The van der Waals surface area contributed by atoms with Gasteiger partial charge in [-0.25, -0.2) is 15.8 Å². The van der Waals surface area contributed by atoms with Gasteiger partial charge in [-0.2, -0.15) is 0 Å². The molecule has 1 atom stereocenters. The summed E-state index contributed by atoms with van der Waals surface area (Å²) in [5, 5.41) is 0. The quantitative estimate of drug-likeness (QED) is 0.636. The van der Waals surface area contributed by atoms with Gasteiger partial charge in [0, 0.05) is 31.1 Å². The van der Waals surface area contributed by atoms with Crippen molar-refractivity contribution >= 4 is 11.6 Å². The summed E-state index contributed by atoms with van der Waals surface area (Å²) >= 11 is 0. The number of hydrazine groups is 1. The van der Waals surface area contributed by atoms with Gasteiger partial charge in [0.25, 0.3) is 0 Å². The topological polar surface area (TPSA) is 70.3 Å². The maximum atomic E-state index is 5.58. The van der Waals surface area contributed by atoms with Gasteiger partial charge in [0.05, 0.1) is 0 Å². The van der Waals surface area contributed by atoms with Crippen LogP contribution in [0.3, 0.4) is 0 Å². The van der Waals surface area contributed by atoms with Crippen LogP contribution in [0.2, 0.25) is 0 Å². The van der Waals surface area contributed by atoms with Crippen molar-refractivity contribution in [3.63, 3.8) is 0 Å². The van der Waals surface area contributed by atoms with E-state index in [1.165, 1.54) is 12.8 Å². The molecule has 20 heavy (non-hydrogen) atoms. The highest BCUT2D eigenvalue weighted by Gasteiger charge is 2.24. The molecule has 112 valence electrons. The Bertz CT molecular complexity index is 459. The first-order chi connectivity index (χ1) is 9.56. The predicted molar refractivity (Wildman–Crippen MR) is 82.9 cm³/mol. The SMILES string of the molecule is CCc1nc(NN)c(C)c(N2CCCC(N(C)C)C2)n1. The molecule has 1 saturated heterocycles. The number of anilines is 2. The first kappa shape index (κ1) is 15.0. The lowest BCUT2D eigenvalue weighted by Crippen LogP contribution is -2.45. The summed E-state index contributed by atoms with van der Waals surface area (Å²) in [6.45, 7) is 6.16. The molecule has 1 unspecified atom stereocenters. The molecule has 1 fully saturated rings. The van der Waals surface area contributed by atoms with E-state index in [1.807, 2.05) is 6.92 Å². The molecule has 2 heterocycles. The molecule has 3 N–H and O–H groups in total. The average Bonchev–Trinajstić information content (AvgIpc) is 2.47. The van der Waals surface area contributed by atoms with E-state index in [0.717, 1.165) is 42.5 Å². The molecule has 0 amide bonds. The molecule has 1 aliphatic heterocycles. The molecule has 1 aromatic heterocycles. The number of nitrogens with zero attached hydrogens (tertiary/aromatic N) is 4. The van der Waals surface area contributed by atoms with E-state index in [0.29, 0.717) is 6.04 Å². The van der Waals surface area contributed by atoms with Gasteiger partial charge in [0.15, 0.2) is 0 Å². The molecule has 0 spiro atoms. The van der Waals surface area contributed by atoms with E-state index in [1.54, 1.807) is 0 Å². The van der Waals surface area contributed by atoms with Gasteiger partial charge in [-0.3, -0.25) is 0 Å². The van der Waals surface area contributed by atoms with Gasteiger partial charge < -0.3 is 15.2 Å². The Morgan fingerprint density at radius 1 is 1.40 bits per heavy atom. The summed E-state index contributed by atoms with van der Waals surface area (Å²) < 4.78 is 0. The molecule has 2 rings (SSSR count). The van der Waals surface area contributed by atoms with Crippen LogP contribution in [0, 0.1) is 6.92 Å². The van der Waals surface area contributed by atoms with Crippen molar-refractivity contribution in [3.05, 3.63) is 11.4 Å². The Kier molecular flexibility index (Phi) is 4.77. The monoisotopic (exact) mass is 278 g/mol. The number of rotatable bonds is 4. The Morgan fingerprint density at radius 2 is 2.15 bits per heavy atom. The summed E-state index contributed by atoms with van der Waals surface area (Å²) in [5.41, 5.74) is 3.73. The summed E-state index contributed by atoms with van der Waals surface area (Å²) in [6, 6.07) is 0.581. The number of hydrogen-bond acceptors (Lipinski definition) is 6. The highest BCUT2D eigenvalue weighted by Crippen LogP contribution is 2.26. The predicted octanol–water partition coefficient (Wildman–Crippen LogP) is 1.16. The van der Waals surface area contributed by atoms with Gasteiger partial charge in [-0.1, -0.05) is 6.92 Å². The lowest BCUT2D eigenvalue weighted by molar-refractivity contribution is 0.257. The average molecular weight is 278 g/mol. The second kappa shape index (κ2) is 6.37. The lowest BCUT2D eigenvalue weighted by atomic mass is 10.0. The molecule has 6 heteroatoms. The van der Waals surface area contributed by atoms with Gasteiger partial charge in [0.1, 0.15) is 17.5 Å². The van der Waals surface area contributed by atoms with E-state index in [-0.39, 0.29) is 0 Å². The Labute approximate surface area is 121 Å². The zero-order valence-electron chi connectivity index (χ0n) is 13.0. The van der Waals surface area contributed by atoms with Gasteiger partial charge >= 0.3 is 0 Å². The summed E-state index contributed by atoms with van der Waals surface area (Å²) in [7, 11) is 4.29. The number of nitrogens with two attached hydrogens (primary N) is 1. The van der Waals surface area contributed by atoms with Gasteiger partial charge in [0.2, 0.25) is 0 Å². The van der Waals surface area contributed by atoms with E-state index >= 15 is 0 Å². The van der Waals surface area contributed by atoms with Crippen molar-refractivity contribution in [1.82, 2.24) is 14.9 Å². The Morgan fingerprint density at radius 3 is 2.75 bits per heavy atom. The number of nitrogens with one attached hydrogen (secondary N) is 1. The number of aryl methyl sites for hydroxylation is 1. The van der Waals surface area contributed by atoms with Crippen molar-refractivity contribution in [3.8, 4) is 0 Å². The van der Waals surface area contributed by atoms with Crippen LogP contribution in [0.25, 0.3) is 0 Å². The first-order valence-corrected chi connectivity index (χ1v) is 7.32. The molecule has 1 aromatic rings. The van der Waals surface area contributed by atoms with Crippen LogP contribution in [-0.2, 0) is 6.42 Å². The fraction of sp³-hybridized carbons (Fsp3) is 0.714. The summed E-state index contributed by atoms with van der Waals surface area (Å²) in [6.07, 6.45) is 3.25. The maximum Gasteiger partial charge on any atom is 0.148 e. The van der Waals surface area contributed by atoms with Gasteiger partial charge in [-0.05, 0) is 33.9 Å². The van der Waals surface area contributed by atoms with Crippen LogP contribution in [0.15, 0.2) is 0 Å². The minimum absolute atomic E-state index is 0.581. The molecule has 0 bridgehead atoms. The third-order valence-electron chi connectivity index (χ3n) is 4.05. The second-order valence-corrected chi connectivity index (χ2v) is 5.64. The number of nitrogen functional groups attached to an aromatic ring is 1. The molecular weight excluding hydrogens is 252 g/mol. The normalized spacial score (nSPS) is 19.5. The van der Waals surface area contributed by atoms with Crippen LogP contribution >= 0.6 is 0 Å². The minimum atomic E-state index is 0.581. The number of likely N-dealkylation sites (N-methyl/N-ethyl adjacent to an activating group) is 1. The number of hydrogen-bond donors (Lipinski definition) is 2.